The number of aryl methyl sites for hydroxylation is 1. The molecule has 0 bridgehead atoms. The first-order valence-corrected chi connectivity index (χ1v) is 6.55. The smallest absolute Gasteiger partial charge is 0.336 e. The second-order valence-electron chi connectivity index (χ2n) is 3.59. The number of H-pyrrole nitrogens is 1. The molecular weight excluding hydrogens is 256 g/mol. The Morgan fingerprint density at radius 3 is 2.50 bits per heavy atom. The van der Waals surface area contributed by atoms with Crippen molar-refractivity contribution >= 4 is 16.0 Å². The highest BCUT2D eigenvalue weighted by molar-refractivity contribution is 7.92. The Morgan fingerprint density at radius 1 is 1.28 bits per heavy atom. The number of benzene rings is 1. The third-order valence-corrected chi connectivity index (χ3v) is 3.56. The Balaban J connectivity index is 2.24. The van der Waals surface area contributed by atoms with Crippen molar-refractivity contribution in [3.63, 3.8) is 0 Å². The van der Waals surface area contributed by atoms with Crippen LogP contribution >= 0.6 is 0 Å². The van der Waals surface area contributed by atoms with Gasteiger partial charge in [0.25, 0.3) is 10.0 Å². The Bertz CT molecular complexity index is 633. The highest BCUT2D eigenvalue weighted by Crippen LogP contribution is 2.14. The number of sulfonamides is 1. The Kier molecular flexibility index (Phi) is 3.19. The van der Waals surface area contributed by atoms with Crippen molar-refractivity contribution in [3.05, 3.63) is 29.8 Å². The lowest BCUT2D eigenvalue weighted by atomic mass is 10.2. The maximum Gasteiger partial charge on any atom is 0.336 e. The maximum absolute atomic E-state index is 12.0. The Hall–Kier alpha value is -2.09. The van der Waals surface area contributed by atoms with Crippen LogP contribution in [0.2, 0.25) is 0 Å². The number of anilines is 1. The monoisotopic (exact) mass is 268 g/mol. The number of hydrogen-bond donors (Lipinski definition) is 2. The fraction of sp³-hybridized carbons (Fsp3) is 0.200. The number of ether oxygens (including phenoxy) is 1. The molecule has 0 aliphatic rings. The molecule has 1 heterocycles. The summed E-state index contributed by atoms with van der Waals surface area (Å²) < 4.78 is 31.0. The number of nitrogens with zero attached hydrogens (tertiary/aromatic N) is 2. The molecule has 1 aromatic heterocycles. The van der Waals surface area contributed by atoms with Gasteiger partial charge in [-0.3, -0.25) is 0 Å². The first kappa shape index (κ1) is 12.4. The maximum atomic E-state index is 12.0. The molecule has 8 heteroatoms. The summed E-state index contributed by atoms with van der Waals surface area (Å²) in [4.78, 5) is 3.93. The molecule has 0 amide bonds. The summed E-state index contributed by atoms with van der Waals surface area (Å²) in [6.07, 6.45) is 0. The minimum Gasteiger partial charge on any atom is -0.466 e. The molecule has 18 heavy (non-hydrogen) atoms. The van der Waals surface area contributed by atoms with Gasteiger partial charge in [-0.1, -0.05) is 17.7 Å². The van der Waals surface area contributed by atoms with E-state index >= 15 is 0 Å². The normalized spacial score (nSPS) is 11.2. The van der Waals surface area contributed by atoms with Crippen molar-refractivity contribution in [2.75, 3.05) is 11.8 Å². The second kappa shape index (κ2) is 4.65. The summed E-state index contributed by atoms with van der Waals surface area (Å²) in [7, 11) is -2.27. The van der Waals surface area contributed by atoms with Crippen LogP contribution in [0.5, 0.6) is 6.01 Å². The van der Waals surface area contributed by atoms with E-state index in [2.05, 4.69) is 19.9 Å². The fourth-order valence-electron chi connectivity index (χ4n) is 1.29. The Morgan fingerprint density at radius 2 is 1.94 bits per heavy atom. The molecule has 0 spiro atoms. The topological polar surface area (TPSA) is 97.0 Å². The van der Waals surface area contributed by atoms with E-state index < -0.39 is 10.0 Å². The molecule has 2 rings (SSSR count). The lowest BCUT2D eigenvalue weighted by molar-refractivity contribution is 0.382. The number of aromatic nitrogens is 3. The van der Waals surface area contributed by atoms with Crippen LogP contribution in [0.3, 0.4) is 0 Å². The number of methoxy groups -OCH3 is 1. The van der Waals surface area contributed by atoms with Crippen LogP contribution in [0.15, 0.2) is 29.2 Å². The van der Waals surface area contributed by atoms with Gasteiger partial charge in [0.05, 0.1) is 12.0 Å². The van der Waals surface area contributed by atoms with E-state index in [1.54, 1.807) is 12.1 Å². The summed E-state index contributed by atoms with van der Waals surface area (Å²) in [6, 6.07) is 6.54. The van der Waals surface area contributed by atoms with Crippen molar-refractivity contribution < 1.29 is 13.2 Å². The van der Waals surface area contributed by atoms with Gasteiger partial charge in [-0.2, -0.15) is 4.98 Å². The molecule has 96 valence electrons. The highest BCUT2D eigenvalue weighted by Gasteiger charge is 2.16. The van der Waals surface area contributed by atoms with Gasteiger partial charge in [0.1, 0.15) is 0 Å². The number of aromatic amines is 1. The third-order valence-electron chi connectivity index (χ3n) is 2.21. The van der Waals surface area contributed by atoms with E-state index in [0.29, 0.717) is 0 Å². The minimum atomic E-state index is -3.66. The standard InChI is InChI=1S/C10H12N4O3S/c1-7-3-5-8(6-4-7)18(15,16)14-9-11-10(17-2)13-12-9/h3-6H,1-2H3,(H2,11,12,13,14). The van der Waals surface area contributed by atoms with Crippen molar-refractivity contribution in [1.29, 1.82) is 0 Å². The fourth-order valence-corrected chi connectivity index (χ4v) is 2.25. The molecule has 0 atom stereocenters. The predicted octanol–water partition coefficient (Wildman–Crippen LogP) is 0.923. The first-order chi connectivity index (χ1) is 8.51. The molecule has 2 aromatic rings. The lowest BCUT2D eigenvalue weighted by Crippen LogP contribution is -2.13. The quantitative estimate of drug-likeness (QED) is 0.859. The van der Waals surface area contributed by atoms with E-state index in [-0.39, 0.29) is 16.9 Å². The van der Waals surface area contributed by atoms with Crippen LogP contribution < -0.4 is 9.46 Å². The largest absolute Gasteiger partial charge is 0.466 e. The molecule has 0 aliphatic carbocycles. The molecule has 0 saturated heterocycles. The van der Waals surface area contributed by atoms with Gasteiger partial charge in [0.15, 0.2) is 0 Å². The third kappa shape index (κ3) is 2.59. The zero-order valence-electron chi connectivity index (χ0n) is 9.84. The summed E-state index contributed by atoms with van der Waals surface area (Å²) in [5.41, 5.74) is 0.982. The molecule has 0 fully saturated rings. The van der Waals surface area contributed by atoms with Crippen molar-refractivity contribution in [2.24, 2.45) is 0 Å². The van der Waals surface area contributed by atoms with Crippen LogP contribution in [0, 0.1) is 6.92 Å². The van der Waals surface area contributed by atoms with Gasteiger partial charge in [0, 0.05) is 0 Å². The average Bonchev–Trinajstić information content (AvgIpc) is 2.76. The molecule has 0 unspecified atom stereocenters. The number of rotatable bonds is 4. The zero-order chi connectivity index (χ0) is 13.2. The van der Waals surface area contributed by atoms with E-state index in [0.717, 1.165) is 5.56 Å². The van der Waals surface area contributed by atoms with Crippen molar-refractivity contribution in [3.8, 4) is 6.01 Å². The summed E-state index contributed by atoms with van der Waals surface area (Å²) in [6.45, 7) is 1.88. The minimum absolute atomic E-state index is 0.00688. The molecule has 0 aliphatic heterocycles. The Labute approximate surface area is 104 Å². The van der Waals surface area contributed by atoms with Gasteiger partial charge in [-0.15, -0.1) is 5.10 Å². The molecule has 2 N–H and O–H groups in total. The molecule has 1 aromatic carbocycles. The van der Waals surface area contributed by atoms with E-state index in [9.17, 15) is 8.42 Å². The van der Waals surface area contributed by atoms with Crippen LogP contribution in [0.25, 0.3) is 0 Å². The van der Waals surface area contributed by atoms with E-state index in [4.69, 9.17) is 4.74 Å². The van der Waals surface area contributed by atoms with Crippen molar-refractivity contribution in [2.45, 2.75) is 11.8 Å². The highest BCUT2D eigenvalue weighted by atomic mass is 32.2. The van der Waals surface area contributed by atoms with Crippen LogP contribution in [0.4, 0.5) is 5.95 Å². The van der Waals surface area contributed by atoms with Crippen LogP contribution in [-0.4, -0.2) is 30.7 Å². The summed E-state index contributed by atoms with van der Waals surface area (Å²) in [5, 5.41) is 6.06. The van der Waals surface area contributed by atoms with Crippen LogP contribution in [-0.2, 0) is 10.0 Å². The number of hydrogen-bond acceptors (Lipinski definition) is 5. The predicted molar refractivity (Wildman–Crippen MR) is 64.9 cm³/mol. The summed E-state index contributed by atoms with van der Waals surface area (Å²) >= 11 is 0. The van der Waals surface area contributed by atoms with Gasteiger partial charge < -0.3 is 4.74 Å². The van der Waals surface area contributed by atoms with Gasteiger partial charge in [-0.25, -0.2) is 18.2 Å². The second-order valence-corrected chi connectivity index (χ2v) is 5.27. The van der Waals surface area contributed by atoms with Gasteiger partial charge in [0.2, 0.25) is 5.95 Å². The van der Waals surface area contributed by atoms with E-state index in [1.807, 2.05) is 6.92 Å². The van der Waals surface area contributed by atoms with Crippen LogP contribution in [0.1, 0.15) is 5.56 Å². The first-order valence-electron chi connectivity index (χ1n) is 5.07. The van der Waals surface area contributed by atoms with Gasteiger partial charge in [-0.05, 0) is 19.1 Å². The SMILES string of the molecule is COc1n[nH]c(NS(=O)(=O)c2ccc(C)cc2)n1. The van der Waals surface area contributed by atoms with E-state index in [1.165, 1.54) is 19.2 Å². The lowest BCUT2D eigenvalue weighted by Gasteiger charge is -2.04. The molecule has 7 nitrogen and oxygen atoms in total. The molecule has 0 saturated carbocycles. The average molecular weight is 268 g/mol. The van der Waals surface area contributed by atoms with Gasteiger partial charge >= 0.3 is 6.01 Å². The zero-order valence-corrected chi connectivity index (χ0v) is 10.7. The van der Waals surface area contributed by atoms with Crippen molar-refractivity contribution in [1.82, 2.24) is 15.2 Å². The number of nitrogens with one attached hydrogen (secondary N) is 2. The summed E-state index contributed by atoms with van der Waals surface area (Å²) in [5.74, 6) is 0.00688. The molecular formula is C10H12N4O3S. The molecule has 0 radical (unpaired) electrons.